The molecule has 3 fully saturated rings. The molecule has 0 aromatic carbocycles. The molecule has 1 unspecified atom stereocenters. The van der Waals surface area contributed by atoms with Gasteiger partial charge in [0, 0.05) is 38.6 Å². The second-order valence-electron chi connectivity index (χ2n) is 8.45. The summed E-state index contributed by atoms with van der Waals surface area (Å²) in [6, 6.07) is 1.87. The lowest BCUT2D eigenvalue weighted by Gasteiger charge is -2.34. The minimum Gasteiger partial charge on any atom is -0.341 e. The number of aromatic nitrogens is 2. The normalized spacial score (nSPS) is 25.6. The monoisotopic (exact) mass is 371 g/mol. The van der Waals surface area contributed by atoms with E-state index in [2.05, 4.69) is 24.7 Å². The Morgan fingerprint density at radius 3 is 2.26 bits per heavy atom. The van der Waals surface area contributed by atoms with Crippen molar-refractivity contribution >= 4 is 11.9 Å². The third-order valence-electron chi connectivity index (χ3n) is 6.68. The summed E-state index contributed by atoms with van der Waals surface area (Å²) in [4.78, 5) is 28.3. The first-order valence-corrected chi connectivity index (χ1v) is 10.8. The average molecular weight is 372 g/mol. The number of carbonyl (C=O) groups excluding carboxylic acids is 1. The molecule has 6 heteroatoms. The second-order valence-corrected chi connectivity index (χ2v) is 8.45. The van der Waals surface area contributed by atoms with Gasteiger partial charge in [-0.1, -0.05) is 12.8 Å². The molecule has 3 aliphatic heterocycles. The van der Waals surface area contributed by atoms with E-state index in [1.54, 1.807) is 0 Å². The zero-order valence-corrected chi connectivity index (χ0v) is 16.4. The van der Waals surface area contributed by atoms with Crippen molar-refractivity contribution in [2.75, 3.05) is 50.7 Å². The van der Waals surface area contributed by atoms with E-state index in [4.69, 9.17) is 0 Å². The van der Waals surface area contributed by atoms with Crippen LogP contribution >= 0.6 is 0 Å². The highest BCUT2D eigenvalue weighted by atomic mass is 16.2. The summed E-state index contributed by atoms with van der Waals surface area (Å²) in [6.45, 7) is 6.83. The maximum atomic E-state index is 12.8. The lowest BCUT2D eigenvalue weighted by molar-refractivity contribution is -0.131. The largest absolute Gasteiger partial charge is 0.341 e. The Morgan fingerprint density at radius 2 is 1.56 bits per heavy atom. The summed E-state index contributed by atoms with van der Waals surface area (Å²) in [6.07, 6.45) is 12.3. The van der Waals surface area contributed by atoms with Crippen LogP contribution in [0.1, 0.15) is 44.9 Å². The average Bonchev–Trinajstić information content (AvgIpc) is 3.08. The SMILES string of the molecule is O=C(CN1CCCCCC1)N1CCC(C2CCN(c3ncccn3)CC2)C1. The number of piperidine rings is 1. The molecule has 148 valence electrons. The maximum Gasteiger partial charge on any atom is 0.236 e. The van der Waals surface area contributed by atoms with Gasteiger partial charge in [0.25, 0.3) is 0 Å². The molecule has 3 saturated heterocycles. The number of rotatable bonds is 4. The Balaban J connectivity index is 1.23. The number of hydrogen-bond donors (Lipinski definition) is 0. The van der Waals surface area contributed by atoms with E-state index in [0.717, 1.165) is 51.1 Å². The molecule has 1 atom stereocenters. The first-order chi connectivity index (χ1) is 13.3. The van der Waals surface area contributed by atoms with Crippen molar-refractivity contribution in [3.8, 4) is 0 Å². The number of anilines is 1. The van der Waals surface area contributed by atoms with Gasteiger partial charge < -0.3 is 9.80 Å². The molecular weight excluding hydrogens is 338 g/mol. The maximum absolute atomic E-state index is 12.8. The van der Waals surface area contributed by atoms with Gasteiger partial charge in [-0.3, -0.25) is 9.69 Å². The van der Waals surface area contributed by atoms with Gasteiger partial charge in [-0.2, -0.15) is 0 Å². The van der Waals surface area contributed by atoms with Gasteiger partial charge in [-0.25, -0.2) is 9.97 Å². The van der Waals surface area contributed by atoms with Crippen LogP contribution in [0.15, 0.2) is 18.5 Å². The molecule has 0 radical (unpaired) electrons. The lowest BCUT2D eigenvalue weighted by atomic mass is 9.84. The van der Waals surface area contributed by atoms with Gasteiger partial charge in [0.15, 0.2) is 0 Å². The van der Waals surface area contributed by atoms with Gasteiger partial charge in [0.1, 0.15) is 0 Å². The van der Waals surface area contributed by atoms with E-state index >= 15 is 0 Å². The number of nitrogens with zero attached hydrogens (tertiary/aromatic N) is 5. The molecule has 0 aliphatic carbocycles. The van der Waals surface area contributed by atoms with Crippen LogP contribution in [0.4, 0.5) is 5.95 Å². The fourth-order valence-corrected chi connectivity index (χ4v) is 5.01. The highest BCUT2D eigenvalue weighted by molar-refractivity contribution is 5.78. The third kappa shape index (κ3) is 4.78. The molecule has 0 bridgehead atoms. The zero-order chi connectivity index (χ0) is 18.5. The smallest absolute Gasteiger partial charge is 0.236 e. The predicted octanol–water partition coefficient (Wildman–Crippen LogP) is 2.42. The first kappa shape index (κ1) is 18.7. The fraction of sp³-hybridized carbons (Fsp3) is 0.762. The van der Waals surface area contributed by atoms with Gasteiger partial charge in [0.2, 0.25) is 11.9 Å². The van der Waals surface area contributed by atoms with E-state index in [1.807, 2.05) is 18.5 Å². The van der Waals surface area contributed by atoms with Gasteiger partial charge in [0.05, 0.1) is 6.54 Å². The lowest BCUT2D eigenvalue weighted by Crippen LogP contribution is -2.41. The summed E-state index contributed by atoms with van der Waals surface area (Å²) in [5, 5.41) is 0. The highest BCUT2D eigenvalue weighted by Gasteiger charge is 2.34. The summed E-state index contributed by atoms with van der Waals surface area (Å²) >= 11 is 0. The van der Waals surface area contributed by atoms with Crippen molar-refractivity contribution in [1.82, 2.24) is 19.8 Å². The van der Waals surface area contributed by atoms with Crippen LogP contribution in [-0.2, 0) is 4.79 Å². The quantitative estimate of drug-likeness (QED) is 0.814. The van der Waals surface area contributed by atoms with Crippen LogP contribution in [0.3, 0.4) is 0 Å². The van der Waals surface area contributed by atoms with Gasteiger partial charge in [-0.05, 0) is 63.1 Å². The van der Waals surface area contributed by atoms with E-state index in [-0.39, 0.29) is 0 Å². The highest BCUT2D eigenvalue weighted by Crippen LogP contribution is 2.32. The van der Waals surface area contributed by atoms with Crippen LogP contribution < -0.4 is 4.90 Å². The van der Waals surface area contributed by atoms with Crippen molar-refractivity contribution in [3.05, 3.63) is 18.5 Å². The molecule has 0 saturated carbocycles. The molecule has 0 spiro atoms. The molecule has 0 N–H and O–H groups in total. The first-order valence-electron chi connectivity index (χ1n) is 10.8. The summed E-state index contributed by atoms with van der Waals surface area (Å²) in [5.41, 5.74) is 0. The van der Waals surface area contributed by atoms with E-state index in [1.165, 1.54) is 44.9 Å². The van der Waals surface area contributed by atoms with E-state index < -0.39 is 0 Å². The molecule has 1 aromatic heterocycles. The van der Waals surface area contributed by atoms with Gasteiger partial charge in [-0.15, -0.1) is 0 Å². The molecule has 27 heavy (non-hydrogen) atoms. The van der Waals surface area contributed by atoms with Gasteiger partial charge >= 0.3 is 0 Å². The van der Waals surface area contributed by atoms with Crippen molar-refractivity contribution in [2.24, 2.45) is 11.8 Å². The van der Waals surface area contributed by atoms with Crippen LogP contribution in [0.2, 0.25) is 0 Å². The number of carbonyl (C=O) groups is 1. The summed E-state index contributed by atoms with van der Waals surface area (Å²) < 4.78 is 0. The number of amides is 1. The van der Waals surface area contributed by atoms with E-state index in [0.29, 0.717) is 18.4 Å². The van der Waals surface area contributed by atoms with E-state index in [9.17, 15) is 4.79 Å². The molecule has 1 aromatic rings. The number of likely N-dealkylation sites (tertiary alicyclic amines) is 2. The number of hydrogen-bond acceptors (Lipinski definition) is 5. The molecule has 1 amide bonds. The van der Waals surface area contributed by atoms with Crippen LogP contribution in [0.25, 0.3) is 0 Å². The minimum atomic E-state index is 0.356. The Kier molecular flexibility index (Phi) is 6.22. The molecular formula is C21H33N5O. The van der Waals surface area contributed by atoms with Crippen molar-refractivity contribution in [3.63, 3.8) is 0 Å². The summed E-state index contributed by atoms with van der Waals surface area (Å²) in [5.74, 6) is 2.63. The van der Waals surface area contributed by atoms with Crippen molar-refractivity contribution in [1.29, 1.82) is 0 Å². The standard InChI is InChI=1S/C21H33N5O/c27-20(17-24-11-3-1-2-4-12-24)26-15-8-19(16-26)18-6-13-25(14-7-18)21-22-9-5-10-23-21/h5,9-10,18-19H,1-4,6-8,11-17H2. The molecule has 6 nitrogen and oxygen atoms in total. The molecule has 4 heterocycles. The molecule has 3 aliphatic rings. The fourth-order valence-electron chi connectivity index (χ4n) is 5.01. The minimum absolute atomic E-state index is 0.356. The zero-order valence-electron chi connectivity index (χ0n) is 16.4. The van der Waals surface area contributed by atoms with Crippen LogP contribution in [-0.4, -0.2) is 71.5 Å². The Bertz CT molecular complexity index is 594. The van der Waals surface area contributed by atoms with Crippen molar-refractivity contribution in [2.45, 2.75) is 44.9 Å². The summed E-state index contributed by atoms with van der Waals surface area (Å²) in [7, 11) is 0. The third-order valence-corrected chi connectivity index (χ3v) is 6.68. The Labute approximate surface area is 162 Å². The second kappa shape index (κ2) is 9.00. The topological polar surface area (TPSA) is 52.6 Å². The Morgan fingerprint density at radius 1 is 0.889 bits per heavy atom. The van der Waals surface area contributed by atoms with Crippen LogP contribution in [0.5, 0.6) is 0 Å². The Hall–Kier alpha value is -1.69. The predicted molar refractivity (Wildman–Crippen MR) is 107 cm³/mol. The van der Waals surface area contributed by atoms with Crippen LogP contribution in [0, 0.1) is 11.8 Å². The molecule has 4 rings (SSSR count). The van der Waals surface area contributed by atoms with Crippen molar-refractivity contribution < 1.29 is 4.79 Å².